The first kappa shape index (κ1) is 7.67. The van der Waals surface area contributed by atoms with Gasteiger partial charge < -0.3 is 5.11 Å². The normalized spacial score (nSPS) is 9.85. The number of hydrogen-bond donors (Lipinski definition) is 1. The zero-order valence-corrected chi connectivity index (χ0v) is 6.75. The molecule has 0 radical (unpaired) electrons. The SMILES string of the molecule is Oc1ncccc1-c1ccncn1. The molecule has 0 saturated heterocycles. The largest absolute Gasteiger partial charge is 0.493 e. The molecule has 2 aromatic rings. The lowest BCUT2D eigenvalue weighted by Crippen LogP contribution is -1.85. The Bertz CT molecular complexity index is 403. The fraction of sp³-hybridized carbons (Fsp3) is 0. The van der Waals surface area contributed by atoms with Gasteiger partial charge in [-0.3, -0.25) is 0 Å². The molecule has 4 nitrogen and oxygen atoms in total. The summed E-state index contributed by atoms with van der Waals surface area (Å²) in [5.74, 6) is -0.0128. The smallest absolute Gasteiger partial charge is 0.220 e. The molecule has 0 aliphatic carbocycles. The summed E-state index contributed by atoms with van der Waals surface area (Å²) in [6.07, 6.45) is 4.58. The van der Waals surface area contributed by atoms with Gasteiger partial charge in [-0.25, -0.2) is 15.0 Å². The first-order valence-corrected chi connectivity index (χ1v) is 3.78. The van der Waals surface area contributed by atoms with Crippen molar-refractivity contribution in [2.75, 3.05) is 0 Å². The van der Waals surface area contributed by atoms with Crippen LogP contribution < -0.4 is 0 Å². The molecule has 0 unspecified atom stereocenters. The molecule has 0 spiro atoms. The second-order valence-electron chi connectivity index (χ2n) is 2.47. The van der Waals surface area contributed by atoms with Gasteiger partial charge in [-0.1, -0.05) is 0 Å². The van der Waals surface area contributed by atoms with E-state index in [1.165, 1.54) is 12.5 Å². The van der Waals surface area contributed by atoms with Crippen molar-refractivity contribution in [3.05, 3.63) is 36.9 Å². The van der Waals surface area contributed by atoms with Crippen LogP contribution in [-0.2, 0) is 0 Å². The van der Waals surface area contributed by atoms with Crippen molar-refractivity contribution in [3.63, 3.8) is 0 Å². The number of pyridine rings is 1. The summed E-state index contributed by atoms with van der Waals surface area (Å²) in [5, 5.41) is 9.39. The standard InChI is InChI=1S/C9H7N3O/c13-9-7(2-1-4-11-9)8-3-5-10-6-12-8/h1-6H,(H,11,13). The number of aromatic nitrogens is 3. The number of hydrogen-bond acceptors (Lipinski definition) is 4. The van der Waals surface area contributed by atoms with Gasteiger partial charge in [-0.05, 0) is 18.2 Å². The van der Waals surface area contributed by atoms with E-state index in [4.69, 9.17) is 0 Å². The summed E-state index contributed by atoms with van der Waals surface area (Å²) in [4.78, 5) is 11.5. The van der Waals surface area contributed by atoms with Crippen LogP contribution in [0.25, 0.3) is 11.3 Å². The van der Waals surface area contributed by atoms with E-state index < -0.39 is 0 Å². The lowest BCUT2D eigenvalue weighted by molar-refractivity contribution is 0.455. The third-order valence-electron chi connectivity index (χ3n) is 1.64. The van der Waals surface area contributed by atoms with Gasteiger partial charge >= 0.3 is 0 Å². The topological polar surface area (TPSA) is 58.9 Å². The molecule has 0 amide bonds. The van der Waals surface area contributed by atoms with E-state index in [0.29, 0.717) is 11.3 Å². The van der Waals surface area contributed by atoms with Crippen LogP contribution in [0.15, 0.2) is 36.9 Å². The zero-order valence-electron chi connectivity index (χ0n) is 6.75. The molecule has 0 fully saturated rings. The van der Waals surface area contributed by atoms with Crippen molar-refractivity contribution in [3.8, 4) is 17.1 Å². The van der Waals surface area contributed by atoms with Crippen LogP contribution in [0.4, 0.5) is 0 Å². The highest BCUT2D eigenvalue weighted by Gasteiger charge is 2.03. The van der Waals surface area contributed by atoms with E-state index in [-0.39, 0.29) is 5.88 Å². The van der Waals surface area contributed by atoms with Gasteiger partial charge in [0.2, 0.25) is 5.88 Å². The second-order valence-corrected chi connectivity index (χ2v) is 2.47. The molecule has 2 aromatic heterocycles. The maximum absolute atomic E-state index is 9.39. The predicted molar refractivity (Wildman–Crippen MR) is 46.9 cm³/mol. The van der Waals surface area contributed by atoms with Gasteiger partial charge in [0.25, 0.3) is 0 Å². The minimum Gasteiger partial charge on any atom is -0.493 e. The fourth-order valence-electron chi connectivity index (χ4n) is 1.05. The van der Waals surface area contributed by atoms with Crippen LogP contribution >= 0.6 is 0 Å². The Balaban J connectivity index is 2.54. The third kappa shape index (κ3) is 1.46. The van der Waals surface area contributed by atoms with Crippen molar-refractivity contribution >= 4 is 0 Å². The zero-order chi connectivity index (χ0) is 9.10. The Morgan fingerprint density at radius 2 is 2.00 bits per heavy atom. The van der Waals surface area contributed by atoms with Gasteiger partial charge in [0.15, 0.2) is 0 Å². The van der Waals surface area contributed by atoms with Crippen molar-refractivity contribution in [1.29, 1.82) is 0 Å². The Morgan fingerprint density at radius 3 is 2.69 bits per heavy atom. The Labute approximate surface area is 74.9 Å². The highest BCUT2D eigenvalue weighted by atomic mass is 16.3. The first-order valence-electron chi connectivity index (χ1n) is 3.78. The molecule has 0 saturated carbocycles. The van der Waals surface area contributed by atoms with Gasteiger partial charge in [-0.15, -0.1) is 0 Å². The van der Waals surface area contributed by atoms with Crippen LogP contribution in [0.1, 0.15) is 0 Å². The lowest BCUT2D eigenvalue weighted by atomic mass is 10.2. The molecule has 4 heteroatoms. The van der Waals surface area contributed by atoms with Crippen molar-refractivity contribution in [2.45, 2.75) is 0 Å². The van der Waals surface area contributed by atoms with Gasteiger partial charge in [0, 0.05) is 12.4 Å². The van der Waals surface area contributed by atoms with Crippen LogP contribution in [0, 0.1) is 0 Å². The molecule has 64 valence electrons. The lowest BCUT2D eigenvalue weighted by Gasteiger charge is -2.00. The van der Waals surface area contributed by atoms with E-state index in [2.05, 4.69) is 15.0 Å². The van der Waals surface area contributed by atoms with E-state index in [9.17, 15) is 5.11 Å². The van der Waals surface area contributed by atoms with E-state index in [0.717, 1.165) is 0 Å². The van der Waals surface area contributed by atoms with Gasteiger partial charge in [-0.2, -0.15) is 0 Å². The van der Waals surface area contributed by atoms with E-state index in [1.807, 2.05) is 0 Å². The van der Waals surface area contributed by atoms with E-state index in [1.54, 1.807) is 24.4 Å². The van der Waals surface area contributed by atoms with Crippen LogP contribution in [0.2, 0.25) is 0 Å². The highest BCUT2D eigenvalue weighted by Crippen LogP contribution is 2.23. The Hall–Kier alpha value is -1.97. The molecular formula is C9H7N3O. The average molecular weight is 173 g/mol. The molecule has 13 heavy (non-hydrogen) atoms. The molecule has 0 atom stereocenters. The summed E-state index contributed by atoms with van der Waals surface area (Å²) < 4.78 is 0. The summed E-state index contributed by atoms with van der Waals surface area (Å²) in [6, 6.07) is 5.22. The second kappa shape index (κ2) is 3.18. The summed E-state index contributed by atoms with van der Waals surface area (Å²) in [6.45, 7) is 0. The summed E-state index contributed by atoms with van der Waals surface area (Å²) >= 11 is 0. The number of rotatable bonds is 1. The molecule has 0 aliphatic heterocycles. The van der Waals surface area contributed by atoms with Crippen LogP contribution in [0.3, 0.4) is 0 Å². The molecule has 0 bridgehead atoms. The van der Waals surface area contributed by atoms with Crippen molar-refractivity contribution in [2.24, 2.45) is 0 Å². The number of aromatic hydroxyl groups is 1. The van der Waals surface area contributed by atoms with Gasteiger partial charge in [0.05, 0.1) is 11.3 Å². The third-order valence-corrected chi connectivity index (χ3v) is 1.64. The van der Waals surface area contributed by atoms with E-state index >= 15 is 0 Å². The number of nitrogens with zero attached hydrogens (tertiary/aromatic N) is 3. The first-order chi connectivity index (χ1) is 6.38. The van der Waals surface area contributed by atoms with Crippen molar-refractivity contribution in [1.82, 2.24) is 15.0 Å². The Kier molecular flexibility index (Phi) is 1.88. The van der Waals surface area contributed by atoms with Crippen LogP contribution in [-0.4, -0.2) is 20.1 Å². The predicted octanol–water partition coefficient (Wildman–Crippen LogP) is 1.24. The van der Waals surface area contributed by atoms with Crippen LogP contribution in [0.5, 0.6) is 5.88 Å². The average Bonchev–Trinajstić information content (AvgIpc) is 2.20. The fourth-order valence-corrected chi connectivity index (χ4v) is 1.05. The highest BCUT2D eigenvalue weighted by molar-refractivity contribution is 5.63. The minimum atomic E-state index is -0.0128. The molecule has 0 aromatic carbocycles. The maximum atomic E-state index is 9.39. The Morgan fingerprint density at radius 1 is 1.08 bits per heavy atom. The summed E-state index contributed by atoms with van der Waals surface area (Å²) in [7, 11) is 0. The van der Waals surface area contributed by atoms with Crippen molar-refractivity contribution < 1.29 is 5.11 Å². The molecule has 2 rings (SSSR count). The monoisotopic (exact) mass is 173 g/mol. The summed E-state index contributed by atoms with van der Waals surface area (Å²) in [5.41, 5.74) is 1.28. The maximum Gasteiger partial charge on any atom is 0.220 e. The quantitative estimate of drug-likeness (QED) is 0.704. The molecule has 2 heterocycles. The molecule has 1 N–H and O–H groups in total. The van der Waals surface area contributed by atoms with Gasteiger partial charge in [0.1, 0.15) is 6.33 Å². The molecule has 0 aliphatic rings. The minimum absolute atomic E-state index is 0.0128. The molecular weight excluding hydrogens is 166 g/mol.